The Balaban J connectivity index is 0.955. The summed E-state index contributed by atoms with van der Waals surface area (Å²) in [7, 11) is 0. The number of hydrogen-bond donors (Lipinski definition) is 0. The fourth-order valence-corrected chi connectivity index (χ4v) is 12.4. The van der Waals surface area contributed by atoms with E-state index < -0.39 is 0 Å². The number of fused-ring (bicyclic) bond motifs is 17. The highest BCUT2D eigenvalue weighted by molar-refractivity contribution is 6.20. The minimum atomic E-state index is -0.331. The highest BCUT2D eigenvalue weighted by Crippen LogP contribution is 2.59. The predicted octanol–water partition coefficient (Wildman–Crippen LogP) is 18.8. The van der Waals surface area contributed by atoms with Crippen molar-refractivity contribution in [2.75, 3.05) is 4.90 Å². The molecule has 0 unspecified atom stereocenters. The van der Waals surface area contributed by atoms with Gasteiger partial charge in [0.1, 0.15) is 33.5 Å². The number of hydrogen-bond acceptors (Lipinski definition) is 4. The molecule has 13 aromatic rings. The summed E-state index contributed by atoms with van der Waals surface area (Å²) < 4.78 is 20.2. The van der Waals surface area contributed by atoms with Crippen LogP contribution in [0, 0.1) is 0 Å². The van der Waals surface area contributed by atoms with Crippen molar-refractivity contribution >= 4 is 82.9 Å². The molecular weight excluding hydrogens is 855 g/mol. The predicted molar refractivity (Wildman–Crippen MR) is 289 cm³/mol. The molecule has 0 bridgehead atoms. The molecular formula is C66H45NO3. The molecule has 10 aromatic carbocycles. The zero-order valence-corrected chi connectivity index (χ0v) is 39.2. The van der Waals surface area contributed by atoms with Gasteiger partial charge in [0.25, 0.3) is 0 Å². The van der Waals surface area contributed by atoms with Crippen molar-refractivity contribution in [1.29, 1.82) is 0 Å². The van der Waals surface area contributed by atoms with Gasteiger partial charge in [-0.05, 0) is 122 Å². The van der Waals surface area contributed by atoms with Crippen LogP contribution in [-0.2, 0) is 10.8 Å². The van der Waals surface area contributed by atoms with Crippen LogP contribution < -0.4 is 4.90 Å². The maximum atomic E-state index is 6.80. The molecule has 4 nitrogen and oxygen atoms in total. The molecule has 70 heavy (non-hydrogen) atoms. The number of para-hydroxylation sites is 3. The third kappa shape index (κ3) is 5.31. The van der Waals surface area contributed by atoms with E-state index in [0.29, 0.717) is 0 Å². The van der Waals surface area contributed by atoms with Crippen molar-refractivity contribution in [3.63, 3.8) is 0 Å². The van der Waals surface area contributed by atoms with E-state index in [1.54, 1.807) is 0 Å². The first kappa shape index (κ1) is 39.4. The van der Waals surface area contributed by atoms with Gasteiger partial charge in [-0.15, -0.1) is 0 Å². The summed E-state index contributed by atoms with van der Waals surface area (Å²) in [5.41, 5.74) is 22.6. The van der Waals surface area contributed by atoms with Crippen LogP contribution in [-0.4, -0.2) is 0 Å². The molecule has 0 aliphatic heterocycles. The minimum Gasteiger partial charge on any atom is -0.456 e. The zero-order valence-electron chi connectivity index (χ0n) is 39.2. The molecule has 0 radical (unpaired) electrons. The van der Waals surface area contributed by atoms with Crippen LogP contribution in [0.15, 0.2) is 213 Å². The molecule has 3 heterocycles. The van der Waals surface area contributed by atoms with Gasteiger partial charge in [-0.1, -0.05) is 155 Å². The molecule has 4 heteroatoms. The van der Waals surface area contributed by atoms with E-state index in [9.17, 15) is 0 Å². The van der Waals surface area contributed by atoms with Gasteiger partial charge >= 0.3 is 0 Å². The van der Waals surface area contributed by atoms with E-state index in [1.807, 2.05) is 6.07 Å². The Labute approximate surface area is 404 Å². The molecule has 0 N–H and O–H groups in total. The molecule has 0 saturated carbocycles. The highest BCUT2D eigenvalue weighted by atomic mass is 16.3. The van der Waals surface area contributed by atoms with Crippen molar-refractivity contribution in [1.82, 2.24) is 0 Å². The van der Waals surface area contributed by atoms with Crippen LogP contribution in [0.25, 0.3) is 110 Å². The average molecular weight is 900 g/mol. The van der Waals surface area contributed by atoms with E-state index in [1.165, 1.54) is 55.3 Å². The smallest absolute Gasteiger partial charge is 0.143 e. The first-order valence-corrected chi connectivity index (χ1v) is 24.3. The van der Waals surface area contributed by atoms with Gasteiger partial charge in [0, 0.05) is 77.4 Å². The number of anilines is 3. The first-order valence-electron chi connectivity index (χ1n) is 24.3. The van der Waals surface area contributed by atoms with E-state index in [4.69, 9.17) is 13.3 Å². The summed E-state index contributed by atoms with van der Waals surface area (Å²) in [4.78, 5) is 2.43. The topological polar surface area (TPSA) is 42.7 Å². The molecule has 3 aromatic heterocycles. The van der Waals surface area contributed by atoms with Crippen LogP contribution in [0.2, 0.25) is 0 Å². The Morgan fingerprint density at radius 1 is 0.314 bits per heavy atom. The van der Waals surface area contributed by atoms with Crippen LogP contribution in [0.4, 0.5) is 17.1 Å². The van der Waals surface area contributed by atoms with Crippen LogP contribution >= 0.6 is 0 Å². The average Bonchev–Trinajstić information content (AvgIpc) is 4.18. The SMILES string of the molecule is CC1(C)c2cc(N(c3ccc4c(c3)C(C)(C)c3cc(-c5ccccc5)c5oc6ccccc6c5c3-4)c3ccc4c(c3)oc3ccccc34)ccc2-c2c1cc(-c1ccccc1)c1oc3ccccc3c21. The van der Waals surface area contributed by atoms with Gasteiger partial charge < -0.3 is 18.2 Å². The molecule has 332 valence electrons. The Kier molecular flexibility index (Phi) is 7.88. The van der Waals surface area contributed by atoms with Crippen molar-refractivity contribution in [3.05, 3.63) is 222 Å². The monoisotopic (exact) mass is 899 g/mol. The van der Waals surface area contributed by atoms with Crippen molar-refractivity contribution < 1.29 is 13.3 Å². The lowest BCUT2D eigenvalue weighted by Crippen LogP contribution is -2.18. The number of nitrogens with zero attached hydrogens (tertiary/aromatic N) is 1. The number of rotatable bonds is 5. The fraction of sp³-hybridized carbons (Fsp3) is 0.0909. The summed E-state index contributed by atoms with van der Waals surface area (Å²) >= 11 is 0. The summed E-state index contributed by atoms with van der Waals surface area (Å²) in [6.45, 7) is 9.53. The van der Waals surface area contributed by atoms with Crippen LogP contribution in [0.1, 0.15) is 49.9 Å². The van der Waals surface area contributed by atoms with E-state index in [0.717, 1.165) is 94.4 Å². The Morgan fingerprint density at radius 2 is 0.714 bits per heavy atom. The molecule has 0 saturated heterocycles. The fourth-order valence-electron chi connectivity index (χ4n) is 12.4. The second-order valence-electron chi connectivity index (χ2n) is 20.4. The molecule has 0 atom stereocenters. The largest absolute Gasteiger partial charge is 0.456 e. The van der Waals surface area contributed by atoms with Gasteiger partial charge in [0.15, 0.2) is 0 Å². The second-order valence-corrected chi connectivity index (χ2v) is 20.4. The summed E-state index contributed by atoms with van der Waals surface area (Å²) in [6.07, 6.45) is 0. The molecule has 2 aliphatic rings. The quantitative estimate of drug-likeness (QED) is 0.173. The normalized spacial score (nSPS) is 14.2. The van der Waals surface area contributed by atoms with E-state index in [-0.39, 0.29) is 10.8 Å². The van der Waals surface area contributed by atoms with E-state index >= 15 is 0 Å². The molecule has 2 aliphatic carbocycles. The number of benzene rings is 10. The summed E-state index contributed by atoms with van der Waals surface area (Å²) in [5.74, 6) is 0. The highest BCUT2D eigenvalue weighted by Gasteiger charge is 2.41. The summed E-state index contributed by atoms with van der Waals surface area (Å²) in [5, 5.41) is 6.84. The van der Waals surface area contributed by atoms with Gasteiger partial charge in [-0.25, -0.2) is 0 Å². The van der Waals surface area contributed by atoms with Crippen molar-refractivity contribution in [2.24, 2.45) is 0 Å². The van der Waals surface area contributed by atoms with Gasteiger partial charge in [-0.2, -0.15) is 0 Å². The Morgan fingerprint density at radius 3 is 1.21 bits per heavy atom. The molecule has 0 spiro atoms. The maximum Gasteiger partial charge on any atom is 0.143 e. The third-order valence-corrected chi connectivity index (χ3v) is 15.8. The Bertz CT molecular complexity index is 4130. The number of furan rings is 3. The van der Waals surface area contributed by atoms with Crippen LogP contribution in [0.3, 0.4) is 0 Å². The standard InChI is InChI=1S/C66H45NO3/c1-65(2)51-33-40(28-31-45(51)59-53(65)36-49(38-17-7-5-8-18-38)63-61(59)47-22-12-15-25-56(47)69-63)67(42-27-30-44-43-21-11-14-24-55(43)68-58(44)35-42)41-29-32-46-52(34-41)66(3,4)54-37-50(39-19-9-6-10-20-39)64-62(60(46)54)48-23-13-16-26-57(48)70-64/h5-37H,1-4H3. The zero-order chi connectivity index (χ0) is 46.6. The summed E-state index contributed by atoms with van der Waals surface area (Å²) in [6, 6.07) is 72.4. The third-order valence-electron chi connectivity index (χ3n) is 15.8. The van der Waals surface area contributed by atoms with Crippen molar-refractivity contribution in [2.45, 2.75) is 38.5 Å². The maximum absolute atomic E-state index is 6.80. The van der Waals surface area contributed by atoms with Gasteiger partial charge in [0.2, 0.25) is 0 Å². The lowest BCUT2D eigenvalue weighted by Gasteiger charge is -2.29. The van der Waals surface area contributed by atoms with Gasteiger partial charge in [-0.3, -0.25) is 0 Å². The molecule has 0 fully saturated rings. The van der Waals surface area contributed by atoms with Gasteiger partial charge in [0.05, 0.1) is 0 Å². The minimum absolute atomic E-state index is 0.331. The van der Waals surface area contributed by atoms with Crippen molar-refractivity contribution in [3.8, 4) is 44.5 Å². The lowest BCUT2D eigenvalue weighted by atomic mass is 9.80. The molecule has 15 rings (SSSR count). The molecule has 0 amide bonds. The Hall–Kier alpha value is -8.60. The second kappa shape index (κ2) is 14.0. The first-order chi connectivity index (χ1) is 34.2. The lowest BCUT2D eigenvalue weighted by molar-refractivity contribution is 0.657. The van der Waals surface area contributed by atoms with Crippen LogP contribution in [0.5, 0.6) is 0 Å². The van der Waals surface area contributed by atoms with E-state index in [2.05, 4.69) is 227 Å².